The van der Waals surface area contributed by atoms with Crippen LogP contribution in [-0.2, 0) is 4.79 Å². The molecule has 0 aromatic heterocycles. The summed E-state index contributed by atoms with van der Waals surface area (Å²) >= 11 is 0. The van der Waals surface area contributed by atoms with Crippen molar-refractivity contribution in [1.82, 2.24) is 10.2 Å². The first-order chi connectivity index (χ1) is 10.1. The number of hydrogen-bond donors (Lipinski definition) is 3. The molecule has 0 atom stereocenters. The molecule has 1 saturated heterocycles. The van der Waals surface area contributed by atoms with Gasteiger partial charge >= 0.3 is 0 Å². The summed E-state index contributed by atoms with van der Waals surface area (Å²) in [5.74, 6) is -0.240. The Morgan fingerprint density at radius 3 is 2.71 bits per heavy atom. The molecule has 1 fully saturated rings. The van der Waals surface area contributed by atoms with Crippen LogP contribution in [-0.4, -0.2) is 49.4 Å². The third-order valence-electron chi connectivity index (χ3n) is 3.64. The SMILES string of the molecule is CNC(=O)c1cccc(NC(=O)CN2CCC(N)CC2)c1. The molecule has 0 saturated carbocycles. The van der Waals surface area contributed by atoms with E-state index >= 15 is 0 Å². The number of hydrogen-bond acceptors (Lipinski definition) is 4. The zero-order chi connectivity index (χ0) is 15.2. The molecule has 0 spiro atoms. The Morgan fingerprint density at radius 2 is 2.05 bits per heavy atom. The average Bonchev–Trinajstić information content (AvgIpc) is 2.49. The molecule has 0 unspecified atom stereocenters. The van der Waals surface area contributed by atoms with Gasteiger partial charge in [-0.15, -0.1) is 0 Å². The number of nitrogens with zero attached hydrogens (tertiary/aromatic N) is 1. The van der Waals surface area contributed by atoms with Crippen LogP contribution in [0.5, 0.6) is 0 Å². The third-order valence-corrected chi connectivity index (χ3v) is 3.64. The summed E-state index contributed by atoms with van der Waals surface area (Å²) < 4.78 is 0. The smallest absolute Gasteiger partial charge is 0.251 e. The fraction of sp³-hybridized carbons (Fsp3) is 0.467. The van der Waals surface area contributed by atoms with Gasteiger partial charge in [0.25, 0.3) is 5.91 Å². The van der Waals surface area contributed by atoms with E-state index in [1.807, 2.05) is 0 Å². The van der Waals surface area contributed by atoms with Crippen LogP contribution in [0.1, 0.15) is 23.2 Å². The highest BCUT2D eigenvalue weighted by Crippen LogP contribution is 2.12. The highest BCUT2D eigenvalue weighted by molar-refractivity contribution is 5.97. The first kappa shape index (κ1) is 15.5. The van der Waals surface area contributed by atoms with Crippen molar-refractivity contribution in [1.29, 1.82) is 0 Å². The maximum Gasteiger partial charge on any atom is 0.251 e. The van der Waals surface area contributed by atoms with E-state index in [1.54, 1.807) is 31.3 Å². The molecule has 1 aliphatic heterocycles. The second-order valence-corrected chi connectivity index (χ2v) is 5.32. The number of amides is 2. The Morgan fingerprint density at radius 1 is 1.33 bits per heavy atom. The van der Waals surface area contributed by atoms with Gasteiger partial charge in [0.05, 0.1) is 6.54 Å². The van der Waals surface area contributed by atoms with Crippen molar-refractivity contribution in [2.75, 3.05) is 32.0 Å². The van der Waals surface area contributed by atoms with Crippen LogP contribution in [0.3, 0.4) is 0 Å². The zero-order valence-electron chi connectivity index (χ0n) is 12.3. The molecule has 0 aliphatic carbocycles. The Balaban J connectivity index is 1.89. The molecule has 6 heteroatoms. The minimum Gasteiger partial charge on any atom is -0.355 e. The topological polar surface area (TPSA) is 87.5 Å². The summed E-state index contributed by atoms with van der Waals surface area (Å²) in [6, 6.07) is 7.16. The van der Waals surface area contributed by atoms with Crippen LogP contribution in [0.4, 0.5) is 5.69 Å². The van der Waals surface area contributed by atoms with Crippen LogP contribution in [0.2, 0.25) is 0 Å². The predicted octanol–water partition coefficient (Wildman–Crippen LogP) is 0.408. The molecule has 4 N–H and O–H groups in total. The van der Waals surface area contributed by atoms with Gasteiger partial charge in [0, 0.05) is 37.4 Å². The lowest BCUT2D eigenvalue weighted by atomic mass is 10.1. The highest BCUT2D eigenvalue weighted by Gasteiger charge is 2.18. The lowest BCUT2D eigenvalue weighted by molar-refractivity contribution is -0.117. The molecule has 1 aromatic carbocycles. The number of nitrogens with two attached hydrogens (primary N) is 1. The lowest BCUT2D eigenvalue weighted by Crippen LogP contribution is -2.43. The van der Waals surface area contributed by atoms with Crippen molar-refractivity contribution in [3.05, 3.63) is 29.8 Å². The largest absolute Gasteiger partial charge is 0.355 e. The molecule has 114 valence electrons. The van der Waals surface area contributed by atoms with Crippen molar-refractivity contribution in [2.24, 2.45) is 5.73 Å². The van der Waals surface area contributed by atoms with Crippen molar-refractivity contribution in [3.63, 3.8) is 0 Å². The van der Waals surface area contributed by atoms with Gasteiger partial charge in [0.15, 0.2) is 0 Å². The van der Waals surface area contributed by atoms with Gasteiger partial charge in [-0.1, -0.05) is 6.07 Å². The standard InChI is InChI=1S/C15H22N4O2/c1-17-15(21)11-3-2-4-13(9-11)18-14(20)10-19-7-5-12(16)6-8-19/h2-4,9,12H,5-8,10,16H2,1H3,(H,17,21)(H,18,20). The van der Waals surface area contributed by atoms with Gasteiger partial charge in [0.2, 0.25) is 5.91 Å². The predicted molar refractivity (Wildman–Crippen MR) is 82.1 cm³/mol. The van der Waals surface area contributed by atoms with E-state index in [0.29, 0.717) is 17.8 Å². The summed E-state index contributed by atoms with van der Waals surface area (Å²) in [7, 11) is 1.58. The minimum absolute atomic E-state index is 0.0699. The monoisotopic (exact) mass is 290 g/mol. The number of carbonyl (C=O) groups is 2. The molecule has 0 bridgehead atoms. The van der Waals surface area contributed by atoms with Gasteiger partial charge in [-0.25, -0.2) is 0 Å². The fourth-order valence-corrected chi connectivity index (χ4v) is 2.40. The van der Waals surface area contributed by atoms with E-state index in [2.05, 4.69) is 15.5 Å². The van der Waals surface area contributed by atoms with E-state index in [4.69, 9.17) is 5.73 Å². The van der Waals surface area contributed by atoms with E-state index in [1.165, 1.54) is 0 Å². The van der Waals surface area contributed by atoms with Crippen LogP contribution >= 0.6 is 0 Å². The molecule has 2 amide bonds. The van der Waals surface area contributed by atoms with Crippen molar-refractivity contribution < 1.29 is 9.59 Å². The Kier molecular flexibility index (Phi) is 5.30. The molecule has 0 radical (unpaired) electrons. The van der Waals surface area contributed by atoms with Gasteiger partial charge in [-0.2, -0.15) is 0 Å². The Labute approximate surface area is 124 Å². The number of anilines is 1. The number of rotatable bonds is 4. The highest BCUT2D eigenvalue weighted by atomic mass is 16.2. The molecule has 2 rings (SSSR count). The van der Waals surface area contributed by atoms with Crippen LogP contribution < -0.4 is 16.4 Å². The molecular formula is C15H22N4O2. The Bertz CT molecular complexity index is 510. The summed E-state index contributed by atoms with van der Waals surface area (Å²) in [4.78, 5) is 25.7. The van der Waals surface area contributed by atoms with Gasteiger partial charge < -0.3 is 16.4 Å². The summed E-state index contributed by atoms with van der Waals surface area (Å²) in [5.41, 5.74) is 7.01. The van der Waals surface area contributed by atoms with E-state index in [9.17, 15) is 9.59 Å². The fourth-order valence-electron chi connectivity index (χ4n) is 2.40. The van der Waals surface area contributed by atoms with Crippen LogP contribution in [0.25, 0.3) is 0 Å². The van der Waals surface area contributed by atoms with Gasteiger partial charge in [-0.3, -0.25) is 14.5 Å². The van der Waals surface area contributed by atoms with Crippen LogP contribution in [0, 0.1) is 0 Å². The number of nitrogens with one attached hydrogen (secondary N) is 2. The second kappa shape index (κ2) is 7.19. The third kappa shape index (κ3) is 4.54. The number of carbonyl (C=O) groups excluding carboxylic acids is 2. The zero-order valence-corrected chi connectivity index (χ0v) is 12.3. The molecule has 1 aliphatic rings. The summed E-state index contributed by atoms with van der Waals surface area (Å²) in [6.45, 7) is 2.07. The molecule has 1 aromatic rings. The quantitative estimate of drug-likeness (QED) is 0.749. The molecular weight excluding hydrogens is 268 g/mol. The van der Waals surface area contributed by atoms with Crippen molar-refractivity contribution >= 4 is 17.5 Å². The van der Waals surface area contributed by atoms with E-state index < -0.39 is 0 Å². The molecule has 1 heterocycles. The maximum absolute atomic E-state index is 12.0. The number of likely N-dealkylation sites (tertiary alicyclic amines) is 1. The first-order valence-electron chi connectivity index (χ1n) is 7.18. The summed E-state index contributed by atoms with van der Waals surface area (Å²) in [5, 5.41) is 5.39. The van der Waals surface area contributed by atoms with Gasteiger partial charge in [0.1, 0.15) is 0 Å². The molecule has 6 nitrogen and oxygen atoms in total. The van der Waals surface area contributed by atoms with Crippen molar-refractivity contribution in [3.8, 4) is 0 Å². The second-order valence-electron chi connectivity index (χ2n) is 5.32. The molecule has 21 heavy (non-hydrogen) atoms. The lowest BCUT2D eigenvalue weighted by Gasteiger charge is -2.29. The first-order valence-corrected chi connectivity index (χ1v) is 7.18. The Hall–Kier alpha value is -1.92. The number of piperidine rings is 1. The van der Waals surface area contributed by atoms with E-state index in [0.717, 1.165) is 25.9 Å². The number of benzene rings is 1. The van der Waals surface area contributed by atoms with E-state index in [-0.39, 0.29) is 17.9 Å². The average molecular weight is 290 g/mol. The van der Waals surface area contributed by atoms with Crippen molar-refractivity contribution in [2.45, 2.75) is 18.9 Å². The maximum atomic E-state index is 12.0. The summed E-state index contributed by atoms with van der Waals surface area (Å²) in [6.07, 6.45) is 1.86. The normalized spacial score (nSPS) is 16.5. The minimum atomic E-state index is -0.170. The van der Waals surface area contributed by atoms with Crippen LogP contribution in [0.15, 0.2) is 24.3 Å². The van der Waals surface area contributed by atoms with Gasteiger partial charge in [-0.05, 0) is 31.0 Å².